The van der Waals surface area contributed by atoms with Gasteiger partial charge in [0.15, 0.2) is 5.78 Å². The Balaban J connectivity index is 1.75. The number of rotatable bonds is 8. The van der Waals surface area contributed by atoms with Gasteiger partial charge < -0.3 is 43.5 Å². The van der Waals surface area contributed by atoms with Gasteiger partial charge in [0.25, 0.3) is 11.7 Å². The quantitative estimate of drug-likeness (QED) is 0.143. The number of carbonyl (C=O) groups is 7. The molecule has 1 amide bonds. The monoisotopic (exact) mass is 998 g/mol. The molecule has 16 heteroatoms. The van der Waals surface area contributed by atoms with Crippen LogP contribution in [0.25, 0.3) is 0 Å². The van der Waals surface area contributed by atoms with Crippen LogP contribution in [0.2, 0.25) is 0 Å². The SMILES string of the molecule is CO[C@H]1C[C@@H]2CC[C@@H](C)[C@@](O)(O2)C(=O)C(=O)N2CCCC[C@H]2C(=O)O[C@H]([C@H](C)C[C@@H]2CC[C@@H](OC(C)=O)[C@H](OC)C2)CC(=O)/C(C)=C/C(C)[C@@H](OC(C)=O)[C@@H](CO)C(=O)[C@H](C)C[C@H](C)C=CC=CC=C1C. The molecule has 71 heavy (non-hydrogen) atoms. The van der Waals surface area contributed by atoms with Gasteiger partial charge in [0.1, 0.15) is 30.1 Å². The lowest BCUT2D eigenvalue weighted by Gasteiger charge is -2.42. The van der Waals surface area contributed by atoms with Crippen LogP contribution in [0.3, 0.4) is 0 Å². The summed E-state index contributed by atoms with van der Waals surface area (Å²) in [5.74, 6) is -10.7. The van der Waals surface area contributed by atoms with Gasteiger partial charge in [-0.1, -0.05) is 71.1 Å². The van der Waals surface area contributed by atoms with Crippen molar-refractivity contribution in [1.29, 1.82) is 0 Å². The smallest absolute Gasteiger partial charge is 0.329 e. The molecule has 2 bridgehead atoms. The predicted molar refractivity (Wildman–Crippen MR) is 264 cm³/mol. The molecule has 0 radical (unpaired) electrons. The van der Waals surface area contributed by atoms with Crippen molar-refractivity contribution in [3.8, 4) is 0 Å². The second kappa shape index (κ2) is 27.6. The Morgan fingerprint density at radius 1 is 0.859 bits per heavy atom. The zero-order chi connectivity index (χ0) is 52.7. The zero-order valence-electron chi connectivity index (χ0n) is 44.1. The highest BCUT2D eigenvalue weighted by Gasteiger charge is 2.53. The minimum Gasteiger partial charge on any atom is -0.461 e. The van der Waals surface area contributed by atoms with Crippen molar-refractivity contribution < 1.29 is 72.2 Å². The number of hydrogen-bond donors (Lipinski definition) is 2. The molecule has 0 aromatic rings. The molecule has 4 rings (SSSR count). The first-order chi connectivity index (χ1) is 33.5. The number of aliphatic hydroxyl groups excluding tert-OH is 1. The molecule has 2 N–H and O–H groups in total. The summed E-state index contributed by atoms with van der Waals surface area (Å²) < 4.78 is 35.3. The van der Waals surface area contributed by atoms with Gasteiger partial charge in [-0.2, -0.15) is 0 Å². The highest BCUT2D eigenvalue weighted by Crippen LogP contribution is 2.38. The molecule has 1 unspecified atom stereocenters. The molecule has 15 atom stereocenters. The molecule has 3 aliphatic heterocycles. The van der Waals surface area contributed by atoms with Crippen molar-refractivity contribution in [3.05, 3.63) is 47.6 Å². The number of aliphatic hydroxyl groups is 2. The molecule has 0 aromatic carbocycles. The first kappa shape index (κ1) is 59.2. The van der Waals surface area contributed by atoms with Crippen molar-refractivity contribution in [2.45, 2.75) is 188 Å². The summed E-state index contributed by atoms with van der Waals surface area (Å²) in [5.41, 5.74) is 1.11. The minimum absolute atomic E-state index is 0.0447. The number of carbonyl (C=O) groups excluding carboxylic acids is 7. The van der Waals surface area contributed by atoms with E-state index in [4.69, 9.17) is 28.4 Å². The van der Waals surface area contributed by atoms with E-state index in [1.54, 1.807) is 48.0 Å². The van der Waals surface area contributed by atoms with Gasteiger partial charge in [-0.05, 0) is 107 Å². The molecule has 2 saturated heterocycles. The number of nitrogens with zero attached hydrogens (tertiary/aromatic N) is 1. The van der Waals surface area contributed by atoms with Crippen LogP contribution in [-0.4, -0.2) is 132 Å². The van der Waals surface area contributed by atoms with E-state index in [1.165, 1.54) is 18.7 Å². The minimum atomic E-state index is -2.46. The molecule has 1 saturated carbocycles. The average Bonchev–Trinajstić information content (AvgIpc) is 3.32. The lowest BCUT2D eigenvalue weighted by molar-refractivity contribution is -0.265. The van der Waals surface area contributed by atoms with E-state index in [1.807, 2.05) is 51.2 Å². The maximum Gasteiger partial charge on any atom is 0.329 e. The van der Waals surface area contributed by atoms with E-state index in [-0.39, 0.29) is 54.5 Å². The fourth-order valence-electron chi connectivity index (χ4n) is 11.0. The number of ketones is 3. The maximum atomic E-state index is 14.5. The molecular weight excluding hydrogens is 915 g/mol. The number of amides is 1. The Morgan fingerprint density at radius 2 is 1.56 bits per heavy atom. The number of ether oxygens (including phenoxy) is 6. The molecule has 0 spiro atoms. The standard InChI is InChI=1S/C55H83NO15/c1-32-17-13-12-14-18-33(2)47(66-10)29-42-22-20-38(7)55(65,71-42)52(62)53(63)56-24-16-15-19-44(56)54(64)70-48(35(4)27-41-21-23-46(68-39(8)58)49(28-41)67-11)30-45(60)34(3)26-37(6)51(69-40(9)59)43(31-57)50(61)36(5)25-32/h12-14,17-18,26,32,35-38,41-44,46-49,51,57,65H,15-16,19-25,27-31H2,1-11H3/b14-12?,17-13?,33-18?,34-26+/t32-,35-,36-,37?,38-,41+,42+,43+,44+,46-,47+,48+,49-,51-,55-/m1/s1. The third-order valence-electron chi connectivity index (χ3n) is 15.2. The van der Waals surface area contributed by atoms with Gasteiger partial charge >= 0.3 is 17.9 Å². The van der Waals surface area contributed by atoms with Crippen molar-refractivity contribution in [3.63, 3.8) is 0 Å². The molecule has 16 nitrogen and oxygen atoms in total. The van der Waals surface area contributed by atoms with Gasteiger partial charge in [0.05, 0.1) is 30.8 Å². The van der Waals surface area contributed by atoms with Crippen LogP contribution in [0.4, 0.5) is 0 Å². The summed E-state index contributed by atoms with van der Waals surface area (Å²) in [4.78, 5) is 97.1. The van der Waals surface area contributed by atoms with Gasteiger partial charge in [-0.3, -0.25) is 28.8 Å². The summed E-state index contributed by atoms with van der Waals surface area (Å²) in [6.45, 7) is 14.5. The van der Waals surface area contributed by atoms with Crippen molar-refractivity contribution >= 4 is 41.2 Å². The average molecular weight is 998 g/mol. The van der Waals surface area contributed by atoms with E-state index < -0.39 is 108 Å². The van der Waals surface area contributed by atoms with Crippen LogP contribution < -0.4 is 0 Å². The van der Waals surface area contributed by atoms with Gasteiger partial charge in [0.2, 0.25) is 5.79 Å². The highest BCUT2D eigenvalue weighted by atomic mass is 16.6. The van der Waals surface area contributed by atoms with Crippen molar-refractivity contribution in [1.82, 2.24) is 4.90 Å². The Kier molecular flexibility index (Phi) is 23.0. The Labute approximate surface area is 421 Å². The number of hydrogen-bond acceptors (Lipinski definition) is 15. The number of piperidine rings is 1. The van der Waals surface area contributed by atoms with Crippen LogP contribution in [0, 0.1) is 41.4 Å². The predicted octanol–water partition coefficient (Wildman–Crippen LogP) is 6.92. The number of Topliss-reactive ketones (excluding diaryl/α,β-unsaturated/α-hetero) is 3. The fraction of sp³-hybridized carbons (Fsp3) is 0.727. The summed E-state index contributed by atoms with van der Waals surface area (Å²) in [5, 5.41) is 22.7. The van der Waals surface area contributed by atoms with Crippen LogP contribution >= 0.6 is 0 Å². The third-order valence-corrected chi connectivity index (χ3v) is 15.2. The van der Waals surface area contributed by atoms with E-state index in [9.17, 15) is 43.8 Å². The lowest BCUT2D eigenvalue weighted by atomic mass is 9.78. The number of esters is 3. The molecule has 3 heterocycles. The van der Waals surface area contributed by atoms with E-state index in [2.05, 4.69) is 0 Å². The summed E-state index contributed by atoms with van der Waals surface area (Å²) >= 11 is 0. The van der Waals surface area contributed by atoms with Gasteiger partial charge in [0, 0.05) is 65.2 Å². The number of methoxy groups -OCH3 is 2. The van der Waals surface area contributed by atoms with Crippen LogP contribution in [-0.2, 0) is 62.0 Å². The largest absolute Gasteiger partial charge is 0.461 e. The topological polar surface area (TPSA) is 219 Å². The van der Waals surface area contributed by atoms with Gasteiger partial charge in [-0.15, -0.1) is 0 Å². The van der Waals surface area contributed by atoms with E-state index in [0.29, 0.717) is 64.2 Å². The Morgan fingerprint density at radius 3 is 2.21 bits per heavy atom. The first-order valence-corrected chi connectivity index (χ1v) is 25.8. The van der Waals surface area contributed by atoms with Gasteiger partial charge in [-0.25, -0.2) is 4.79 Å². The third kappa shape index (κ3) is 16.3. The van der Waals surface area contributed by atoms with Crippen LogP contribution in [0.15, 0.2) is 47.6 Å². The normalized spacial score (nSPS) is 36.2. The van der Waals surface area contributed by atoms with Crippen LogP contribution in [0.1, 0.15) is 139 Å². The second-order valence-corrected chi connectivity index (χ2v) is 20.9. The number of allylic oxidation sites excluding steroid dienone is 6. The molecule has 398 valence electrons. The number of fused-ring (bicyclic) bond motifs is 3. The Hall–Kier alpha value is -4.35. The Bertz CT molecular complexity index is 1990. The number of cyclic esters (lactones) is 1. The van der Waals surface area contributed by atoms with Crippen LogP contribution in [0.5, 0.6) is 0 Å². The van der Waals surface area contributed by atoms with E-state index in [0.717, 1.165) is 5.57 Å². The lowest BCUT2D eigenvalue weighted by Crippen LogP contribution is -2.61. The first-order valence-electron chi connectivity index (χ1n) is 25.8. The van der Waals surface area contributed by atoms with Crippen molar-refractivity contribution in [2.24, 2.45) is 41.4 Å². The fourth-order valence-corrected chi connectivity index (χ4v) is 11.0. The molecule has 4 aliphatic rings. The molecular formula is C55H83NO15. The van der Waals surface area contributed by atoms with E-state index >= 15 is 0 Å². The summed E-state index contributed by atoms with van der Waals surface area (Å²) in [6, 6.07) is -1.19. The molecule has 3 fully saturated rings. The van der Waals surface area contributed by atoms with Crippen molar-refractivity contribution in [2.75, 3.05) is 27.4 Å². The summed E-state index contributed by atoms with van der Waals surface area (Å²) in [6.07, 6.45) is 12.0. The highest BCUT2D eigenvalue weighted by molar-refractivity contribution is 6.39. The molecule has 1 aliphatic carbocycles. The second-order valence-electron chi connectivity index (χ2n) is 20.9. The summed E-state index contributed by atoms with van der Waals surface area (Å²) in [7, 11) is 3.12. The molecule has 0 aromatic heterocycles. The zero-order valence-corrected chi connectivity index (χ0v) is 44.1. The maximum absolute atomic E-state index is 14.5.